The number of aliphatic hydroxyl groups is 1. The summed E-state index contributed by atoms with van der Waals surface area (Å²) in [5, 5.41) is 11.1. The van der Waals surface area contributed by atoms with Crippen molar-refractivity contribution in [2.24, 2.45) is 0 Å². The van der Waals surface area contributed by atoms with E-state index in [2.05, 4.69) is 4.72 Å². The number of ether oxygens (including phenoxy) is 2. The smallest absolute Gasteiger partial charge is 0.250 e. The second-order valence-electron chi connectivity index (χ2n) is 6.29. The zero-order chi connectivity index (χ0) is 18.9. The van der Waals surface area contributed by atoms with Crippen LogP contribution in [0.2, 0.25) is 0 Å². The predicted molar refractivity (Wildman–Crippen MR) is 101 cm³/mol. The van der Waals surface area contributed by atoms with Gasteiger partial charge in [-0.25, -0.2) is 13.1 Å². The van der Waals surface area contributed by atoms with Crippen LogP contribution in [0.5, 0.6) is 11.5 Å². The zero-order valence-electron chi connectivity index (χ0n) is 15.0. The number of fused-ring (bicyclic) bond motifs is 1. The van der Waals surface area contributed by atoms with Gasteiger partial charge in [0.05, 0.1) is 14.2 Å². The van der Waals surface area contributed by atoms with Gasteiger partial charge < -0.3 is 14.6 Å². The molecule has 0 amide bonds. The first-order valence-electron chi connectivity index (χ1n) is 8.39. The fourth-order valence-corrected chi connectivity index (χ4v) is 5.63. The molecule has 2 aromatic rings. The number of thiophene rings is 1. The molecule has 0 fully saturated rings. The van der Waals surface area contributed by atoms with Gasteiger partial charge in [-0.3, -0.25) is 0 Å². The van der Waals surface area contributed by atoms with E-state index in [0.717, 1.165) is 16.9 Å². The molecule has 1 aliphatic rings. The molecule has 0 spiro atoms. The molecule has 1 unspecified atom stereocenters. The van der Waals surface area contributed by atoms with Crippen LogP contribution < -0.4 is 14.2 Å². The van der Waals surface area contributed by atoms with Gasteiger partial charge in [0.1, 0.15) is 9.81 Å². The molecule has 6 nitrogen and oxygen atoms in total. The molecule has 8 heteroatoms. The Morgan fingerprint density at radius 3 is 2.54 bits per heavy atom. The fraction of sp³-hybridized carbons (Fsp3) is 0.444. The summed E-state index contributed by atoms with van der Waals surface area (Å²) in [7, 11) is -0.562. The molecule has 0 saturated heterocycles. The van der Waals surface area contributed by atoms with Crippen molar-refractivity contribution in [2.75, 3.05) is 20.8 Å². The average Bonchev–Trinajstić information content (AvgIpc) is 3.25. The summed E-state index contributed by atoms with van der Waals surface area (Å²) in [6, 6.07) is 6.99. The van der Waals surface area contributed by atoms with Crippen LogP contribution in [-0.4, -0.2) is 34.3 Å². The Balaban J connectivity index is 1.83. The first kappa shape index (κ1) is 19.2. The molecule has 1 heterocycles. The summed E-state index contributed by atoms with van der Waals surface area (Å²) in [5.41, 5.74) is 0.347. The van der Waals surface area contributed by atoms with Crippen LogP contribution in [0.25, 0.3) is 0 Å². The van der Waals surface area contributed by atoms with E-state index < -0.39 is 15.6 Å². The van der Waals surface area contributed by atoms with E-state index in [0.29, 0.717) is 29.9 Å². The molecule has 26 heavy (non-hydrogen) atoms. The highest BCUT2D eigenvalue weighted by Crippen LogP contribution is 2.42. The Hall–Kier alpha value is -1.61. The van der Waals surface area contributed by atoms with Crippen LogP contribution in [0, 0.1) is 0 Å². The first-order chi connectivity index (χ1) is 12.3. The highest BCUT2D eigenvalue weighted by atomic mass is 32.2. The van der Waals surface area contributed by atoms with E-state index in [1.807, 2.05) is 19.1 Å². The number of sulfonamides is 1. The summed E-state index contributed by atoms with van der Waals surface area (Å²) >= 11 is 1.25. The van der Waals surface area contributed by atoms with Crippen molar-refractivity contribution in [3.05, 3.63) is 40.3 Å². The van der Waals surface area contributed by atoms with E-state index in [1.165, 1.54) is 18.4 Å². The SMILES string of the molecule is CCc1ccc(S(=O)(=O)NCC2(O)CCc3cc(OC)c(OC)cc32)s1. The van der Waals surface area contributed by atoms with E-state index >= 15 is 0 Å². The van der Waals surface area contributed by atoms with Crippen molar-refractivity contribution in [3.8, 4) is 11.5 Å². The van der Waals surface area contributed by atoms with Crippen molar-refractivity contribution in [2.45, 2.75) is 36.0 Å². The summed E-state index contributed by atoms with van der Waals surface area (Å²) in [6.45, 7) is 1.90. The molecule has 1 aromatic heterocycles. The third-order valence-corrected chi connectivity index (χ3v) is 7.85. The Kier molecular flexibility index (Phi) is 5.30. The van der Waals surface area contributed by atoms with Gasteiger partial charge in [0.15, 0.2) is 11.5 Å². The Bertz CT molecular complexity index is 906. The predicted octanol–water partition coefficient (Wildman–Crippen LogP) is 2.44. The minimum Gasteiger partial charge on any atom is -0.493 e. The second-order valence-corrected chi connectivity index (χ2v) is 9.46. The van der Waals surface area contributed by atoms with Crippen molar-refractivity contribution in [1.29, 1.82) is 0 Å². The standard InChI is InChI=1S/C18H23NO5S2/c1-4-13-5-6-17(25-13)26(21,22)19-11-18(20)8-7-12-9-15(23-2)16(24-3)10-14(12)18/h5-6,9-10,19-20H,4,7-8,11H2,1-3H3. The molecule has 1 atom stereocenters. The van der Waals surface area contributed by atoms with Gasteiger partial charge in [-0.15, -0.1) is 11.3 Å². The number of hydrogen-bond acceptors (Lipinski definition) is 6. The lowest BCUT2D eigenvalue weighted by Crippen LogP contribution is -2.39. The van der Waals surface area contributed by atoms with Crippen molar-refractivity contribution >= 4 is 21.4 Å². The summed E-state index contributed by atoms with van der Waals surface area (Å²) < 4.78 is 38.5. The lowest BCUT2D eigenvalue weighted by Gasteiger charge is -2.25. The summed E-state index contributed by atoms with van der Waals surface area (Å²) in [4.78, 5) is 1.01. The van der Waals surface area contributed by atoms with E-state index in [-0.39, 0.29) is 10.8 Å². The Morgan fingerprint density at radius 1 is 1.23 bits per heavy atom. The Morgan fingerprint density at radius 2 is 1.92 bits per heavy atom. The molecule has 0 bridgehead atoms. The number of hydrogen-bond donors (Lipinski definition) is 2. The lowest BCUT2D eigenvalue weighted by molar-refractivity contribution is 0.0440. The highest BCUT2D eigenvalue weighted by molar-refractivity contribution is 7.91. The monoisotopic (exact) mass is 397 g/mol. The molecule has 1 aliphatic carbocycles. The normalized spacial score (nSPS) is 19.4. The Labute approximate surface area is 157 Å². The molecular weight excluding hydrogens is 374 g/mol. The third-order valence-electron chi connectivity index (χ3n) is 4.72. The molecule has 2 N–H and O–H groups in total. The third kappa shape index (κ3) is 3.46. The molecule has 142 valence electrons. The molecule has 0 radical (unpaired) electrons. The second kappa shape index (κ2) is 7.19. The molecule has 0 aliphatic heterocycles. The van der Waals surface area contributed by atoms with Gasteiger partial charge in [-0.2, -0.15) is 0 Å². The van der Waals surface area contributed by atoms with Crippen LogP contribution in [0.3, 0.4) is 0 Å². The van der Waals surface area contributed by atoms with Crippen molar-refractivity contribution in [1.82, 2.24) is 4.72 Å². The van der Waals surface area contributed by atoms with Gasteiger partial charge in [0.2, 0.25) is 10.0 Å². The largest absolute Gasteiger partial charge is 0.493 e. The maximum Gasteiger partial charge on any atom is 0.250 e. The van der Waals surface area contributed by atoms with Gasteiger partial charge in [-0.1, -0.05) is 6.92 Å². The van der Waals surface area contributed by atoms with E-state index in [1.54, 1.807) is 19.2 Å². The number of benzene rings is 1. The van der Waals surface area contributed by atoms with Crippen LogP contribution in [0.15, 0.2) is 28.5 Å². The minimum absolute atomic E-state index is 0.0861. The number of aryl methyl sites for hydroxylation is 2. The number of methoxy groups -OCH3 is 2. The topological polar surface area (TPSA) is 84.9 Å². The van der Waals surface area contributed by atoms with E-state index in [4.69, 9.17) is 9.47 Å². The quantitative estimate of drug-likeness (QED) is 0.750. The van der Waals surface area contributed by atoms with Crippen molar-refractivity contribution in [3.63, 3.8) is 0 Å². The average molecular weight is 398 g/mol. The van der Waals surface area contributed by atoms with Crippen molar-refractivity contribution < 1.29 is 23.0 Å². The fourth-order valence-electron chi connectivity index (χ4n) is 3.20. The summed E-state index contributed by atoms with van der Waals surface area (Å²) in [5.74, 6) is 1.11. The highest BCUT2D eigenvalue weighted by Gasteiger charge is 2.39. The first-order valence-corrected chi connectivity index (χ1v) is 10.7. The van der Waals surface area contributed by atoms with E-state index in [9.17, 15) is 13.5 Å². The van der Waals surface area contributed by atoms with Crippen LogP contribution >= 0.6 is 11.3 Å². The maximum atomic E-state index is 12.5. The van der Waals surface area contributed by atoms with Gasteiger partial charge in [-0.05, 0) is 54.7 Å². The van der Waals surface area contributed by atoms with Crippen LogP contribution in [0.4, 0.5) is 0 Å². The number of rotatable bonds is 7. The number of nitrogens with one attached hydrogen (secondary N) is 1. The van der Waals surface area contributed by atoms with Crippen LogP contribution in [-0.2, 0) is 28.5 Å². The molecule has 3 rings (SSSR count). The van der Waals surface area contributed by atoms with Crippen LogP contribution in [0.1, 0.15) is 29.3 Å². The molecule has 0 saturated carbocycles. The lowest BCUT2D eigenvalue weighted by atomic mass is 9.96. The summed E-state index contributed by atoms with van der Waals surface area (Å²) in [6.07, 6.45) is 1.87. The van der Waals surface area contributed by atoms with Gasteiger partial charge in [0, 0.05) is 11.4 Å². The zero-order valence-corrected chi connectivity index (χ0v) is 16.7. The molecule has 1 aromatic carbocycles. The molecular formula is C18H23NO5S2. The van der Waals surface area contributed by atoms with Gasteiger partial charge in [0.25, 0.3) is 0 Å². The minimum atomic E-state index is -3.65. The van der Waals surface area contributed by atoms with Gasteiger partial charge >= 0.3 is 0 Å². The maximum absolute atomic E-state index is 12.5.